The molecule has 82 valence electrons. The molecule has 0 radical (unpaired) electrons. The van der Waals surface area contributed by atoms with Gasteiger partial charge in [0.15, 0.2) is 0 Å². The maximum Gasteiger partial charge on any atom is 0.325 e. The van der Waals surface area contributed by atoms with Crippen LogP contribution in [0, 0.1) is 0 Å². The Bertz CT molecular complexity index is 332. The third-order valence-corrected chi connectivity index (χ3v) is 2.01. The average molecular weight is 210 g/mol. The number of aromatic nitrogens is 1. The van der Waals surface area contributed by atoms with Crippen molar-refractivity contribution in [1.29, 1.82) is 0 Å². The molecule has 0 saturated carbocycles. The van der Waals surface area contributed by atoms with Crippen LogP contribution < -0.4 is 5.32 Å². The maximum atomic E-state index is 11.3. The van der Waals surface area contributed by atoms with Crippen molar-refractivity contribution in [2.75, 3.05) is 0 Å². The summed E-state index contributed by atoms with van der Waals surface area (Å²) in [7, 11) is 0. The molecule has 0 fully saturated rings. The van der Waals surface area contributed by atoms with E-state index in [-0.39, 0.29) is 12.3 Å². The predicted octanol–water partition coefficient (Wildman–Crippen LogP) is 0.467. The van der Waals surface area contributed by atoms with E-state index in [1.54, 1.807) is 0 Å². The molecule has 0 aliphatic rings. The van der Waals surface area contributed by atoms with Crippen LogP contribution in [0.3, 0.4) is 0 Å². The fraction of sp³-hybridized carbons (Fsp3) is 0.400. The minimum absolute atomic E-state index is 0.251. The molecule has 15 heavy (non-hydrogen) atoms. The molecule has 1 aromatic heterocycles. The number of carbonyl (C=O) groups is 2. The average Bonchev–Trinajstić information content (AvgIpc) is 2.66. The van der Waals surface area contributed by atoms with Crippen molar-refractivity contribution < 1.29 is 14.7 Å². The largest absolute Gasteiger partial charge is 0.480 e. The Labute approximate surface area is 87.7 Å². The molecule has 0 bridgehead atoms. The first-order valence-electron chi connectivity index (χ1n) is 4.72. The van der Waals surface area contributed by atoms with Crippen LogP contribution in [0.25, 0.3) is 0 Å². The lowest BCUT2D eigenvalue weighted by molar-refractivity contribution is -0.141. The Morgan fingerprint density at radius 1 is 1.40 bits per heavy atom. The normalized spacial score (nSPS) is 12.1. The van der Waals surface area contributed by atoms with E-state index in [4.69, 9.17) is 5.11 Å². The zero-order valence-corrected chi connectivity index (χ0v) is 8.51. The molecule has 1 amide bonds. The first-order valence-corrected chi connectivity index (χ1v) is 4.72. The van der Waals surface area contributed by atoms with Crippen LogP contribution in [0.4, 0.5) is 0 Å². The summed E-state index contributed by atoms with van der Waals surface area (Å²) in [4.78, 5) is 21.7. The van der Waals surface area contributed by atoms with Crippen molar-refractivity contribution in [2.24, 2.45) is 0 Å². The van der Waals surface area contributed by atoms with E-state index < -0.39 is 12.0 Å². The SMILES string of the molecule is C[C@H](NC(=O)CCn1cccc1)C(=O)O. The highest BCUT2D eigenvalue weighted by Crippen LogP contribution is 1.94. The number of rotatable bonds is 5. The molecule has 0 spiro atoms. The molecule has 0 aromatic carbocycles. The molecular formula is C10H14N2O3. The van der Waals surface area contributed by atoms with E-state index in [1.807, 2.05) is 29.1 Å². The number of aryl methyl sites for hydroxylation is 1. The maximum absolute atomic E-state index is 11.3. The highest BCUT2D eigenvalue weighted by Gasteiger charge is 2.13. The number of hydrogen-bond donors (Lipinski definition) is 2. The number of hydrogen-bond acceptors (Lipinski definition) is 2. The number of nitrogens with one attached hydrogen (secondary N) is 1. The minimum Gasteiger partial charge on any atom is -0.480 e. The molecule has 1 heterocycles. The second kappa shape index (κ2) is 5.19. The Balaban J connectivity index is 2.28. The van der Waals surface area contributed by atoms with Crippen LogP contribution in [-0.4, -0.2) is 27.6 Å². The zero-order valence-electron chi connectivity index (χ0n) is 8.51. The summed E-state index contributed by atoms with van der Waals surface area (Å²) in [6.07, 6.45) is 3.99. The van der Waals surface area contributed by atoms with Gasteiger partial charge >= 0.3 is 5.97 Å². The molecule has 1 rings (SSSR count). The first-order chi connectivity index (χ1) is 7.09. The molecule has 5 heteroatoms. The van der Waals surface area contributed by atoms with Crippen LogP contribution in [0.15, 0.2) is 24.5 Å². The molecule has 0 saturated heterocycles. The zero-order chi connectivity index (χ0) is 11.3. The van der Waals surface area contributed by atoms with Crippen molar-refractivity contribution in [3.63, 3.8) is 0 Å². The van der Waals surface area contributed by atoms with E-state index in [9.17, 15) is 9.59 Å². The van der Waals surface area contributed by atoms with Gasteiger partial charge in [0.2, 0.25) is 5.91 Å². The van der Waals surface area contributed by atoms with Crippen LogP contribution >= 0.6 is 0 Å². The van der Waals surface area contributed by atoms with Crippen molar-refractivity contribution in [2.45, 2.75) is 25.9 Å². The summed E-state index contributed by atoms with van der Waals surface area (Å²) < 4.78 is 1.87. The van der Waals surface area contributed by atoms with E-state index >= 15 is 0 Å². The van der Waals surface area contributed by atoms with Gasteiger partial charge in [-0.1, -0.05) is 0 Å². The third-order valence-electron chi connectivity index (χ3n) is 2.01. The van der Waals surface area contributed by atoms with Gasteiger partial charge in [-0.2, -0.15) is 0 Å². The van der Waals surface area contributed by atoms with Crippen molar-refractivity contribution in [1.82, 2.24) is 9.88 Å². The second-order valence-electron chi connectivity index (χ2n) is 3.30. The summed E-state index contributed by atoms with van der Waals surface area (Å²) in [6, 6.07) is 2.91. The Kier molecular flexibility index (Phi) is 3.91. The number of amides is 1. The number of carbonyl (C=O) groups excluding carboxylic acids is 1. The van der Waals surface area contributed by atoms with Gasteiger partial charge in [0.05, 0.1) is 0 Å². The Morgan fingerprint density at radius 2 is 2.00 bits per heavy atom. The summed E-state index contributed by atoms with van der Waals surface area (Å²) in [5.74, 6) is -1.28. The molecular weight excluding hydrogens is 196 g/mol. The summed E-state index contributed by atoms with van der Waals surface area (Å²) >= 11 is 0. The van der Waals surface area contributed by atoms with E-state index in [1.165, 1.54) is 6.92 Å². The lowest BCUT2D eigenvalue weighted by Gasteiger charge is -2.09. The fourth-order valence-corrected chi connectivity index (χ4v) is 1.13. The lowest BCUT2D eigenvalue weighted by Crippen LogP contribution is -2.38. The fourth-order valence-electron chi connectivity index (χ4n) is 1.13. The van der Waals surface area contributed by atoms with Gasteiger partial charge in [0.1, 0.15) is 6.04 Å². The van der Waals surface area contributed by atoms with Gasteiger partial charge in [-0.25, -0.2) is 0 Å². The molecule has 1 atom stereocenters. The van der Waals surface area contributed by atoms with Gasteiger partial charge in [0.25, 0.3) is 0 Å². The third kappa shape index (κ3) is 3.84. The van der Waals surface area contributed by atoms with Crippen LogP contribution in [0.1, 0.15) is 13.3 Å². The lowest BCUT2D eigenvalue weighted by atomic mass is 10.3. The number of carboxylic acid groups (broad SMARTS) is 1. The monoisotopic (exact) mass is 210 g/mol. The van der Waals surface area contributed by atoms with Gasteiger partial charge in [0, 0.05) is 25.4 Å². The van der Waals surface area contributed by atoms with Gasteiger partial charge < -0.3 is 15.0 Å². The van der Waals surface area contributed by atoms with Gasteiger partial charge in [-0.05, 0) is 19.1 Å². The molecule has 0 aliphatic carbocycles. The first kappa shape index (κ1) is 11.3. The number of aliphatic carboxylic acids is 1. The van der Waals surface area contributed by atoms with Crippen molar-refractivity contribution >= 4 is 11.9 Å². The standard InChI is InChI=1S/C10H14N2O3/c1-8(10(14)15)11-9(13)4-7-12-5-2-3-6-12/h2-3,5-6,8H,4,7H2,1H3,(H,11,13)(H,14,15)/t8-/m0/s1. The van der Waals surface area contributed by atoms with E-state index in [0.29, 0.717) is 6.54 Å². The van der Waals surface area contributed by atoms with Crippen LogP contribution in [0.5, 0.6) is 0 Å². The summed E-state index contributed by atoms with van der Waals surface area (Å²) in [5, 5.41) is 11.0. The summed E-state index contributed by atoms with van der Waals surface area (Å²) in [5.41, 5.74) is 0. The molecule has 5 nitrogen and oxygen atoms in total. The molecule has 0 aliphatic heterocycles. The van der Waals surface area contributed by atoms with Crippen LogP contribution in [0.2, 0.25) is 0 Å². The topological polar surface area (TPSA) is 71.3 Å². The number of nitrogens with zero attached hydrogens (tertiary/aromatic N) is 1. The van der Waals surface area contributed by atoms with E-state index in [0.717, 1.165) is 0 Å². The molecule has 1 aromatic rings. The minimum atomic E-state index is -1.02. The Morgan fingerprint density at radius 3 is 2.53 bits per heavy atom. The molecule has 2 N–H and O–H groups in total. The smallest absolute Gasteiger partial charge is 0.325 e. The van der Waals surface area contributed by atoms with Crippen molar-refractivity contribution in [3.8, 4) is 0 Å². The number of carboxylic acids is 1. The van der Waals surface area contributed by atoms with Gasteiger partial charge in [-0.15, -0.1) is 0 Å². The van der Waals surface area contributed by atoms with E-state index in [2.05, 4.69) is 5.32 Å². The highest BCUT2D eigenvalue weighted by molar-refractivity contribution is 5.83. The van der Waals surface area contributed by atoms with Crippen LogP contribution in [-0.2, 0) is 16.1 Å². The highest BCUT2D eigenvalue weighted by atomic mass is 16.4. The quantitative estimate of drug-likeness (QED) is 0.742. The summed E-state index contributed by atoms with van der Waals surface area (Å²) in [6.45, 7) is 2.00. The molecule has 0 unspecified atom stereocenters. The predicted molar refractivity (Wildman–Crippen MR) is 54.3 cm³/mol. The Hall–Kier alpha value is -1.78. The second-order valence-corrected chi connectivity index (χ2v) is 3.30. The van der Waals surface area contributed by atoms with Crippen molar-refractivity contribution in [3.05, 3.63) is 24.5 Å². The van der Waals surface area contributed by atoms with Gasteiger partial charge in [-0.3, -0.25) is 9.59 Å².